The monoisotopic (exact) mass is 386 g/mol. The lowest BCUT2D eigenvalue weighted by Crippen LogP contribution is -2.38. The first kappa shape index (κ1) is 19.5. The molecule has 0 unspecified atom stereocenters. The Labute approximate surface area is 174 Å². The molecule has 0 aliphatic heterocycles. The summed E-state index contributed by atoms with van der Waals surface area (Å²) in [5.74, 6) is 0.793. The molecule has 150 valence electrons. The van der Waals surface area contributed by atoms with Crippen molar-refractivity contribution in [2.24, 2.45) is 5.92 Å². The summed E-state index contributed by atoms with van der Waals surface area (Å²) in [5, 5.41) is 0. The largest absolute Gasteiger partial charge is 0.345 e. The lowest BCUT2D eigenvalue weighted by molar-refractivity contribution is -0.135. The SMILES string of the molecule is Cc1cccc(Cn2cccc2CN(C(=O)[C@H]2C[C@H]2c2ccccc2)C(C)C)c1. The Bertz CT molecular complexity index is 973. The zero-order chi connectivity index (χ0) is 20.4. The van der Waals surface area contributed by atoms with Crippen LogP contribution in [0.3, 0.4) is 0 Å². The number of carbonyl (C=O) groups excluding carboxylic acids is 1. The zero-order valence-electron chi connectivity index (χ0n) is 17.6. The van der Waals surface area contributed by atoms with E-state index in [1.54, 1.807) is 0 Å². The molecule has 1 aromatic heterocycles. The van der Waals surface area contributed by atoms with E-state index >= 15 is 0 Å². The summed E-state index contributed by atoms with van der Waals surface area (Å²) in [5.41, 5.74) is 5.04. The first-order valence-corrected chi connectivity index (χ1v) is 10.6. The standard InChI is InChI=1S/C26H30N2O/c1-19(2)28(26(29)25-16-24(25)22-11-5-4-6-12-22)18-23-13-8-14-27(23)17-21-10-7-9-20(3)15-21/h4-15,19,24-25H,16-18H2,1-3H3/t24-,25-/m0/s1. The molecule has 0 N–H and O–H groups in total. The highest BCUT2D eigenvalue weighted by molar-refractivity contribution is 5.83. The van der Waals surface area contributed by atoms with E-state index in [0.29, 0.717) is 12.5 Å². The molecule has 4 rings (SSSR count). The van der Waals surface area contributed by atoms with Crippen LogP contribution >= 0.6 is 0 Å². The van der Waals surface area contributed by atoms with Gasteiger partial charge in [-0.3, -0.25) is 4.79 Å². The summed E-state index contributed by atoms with van der Waals surface area (Å²) in [4.78, 5) is 15.3. The second-order valence-electron chi connectivity index (χ2n) is 8.54. The van der Waals surface area contributed by atoms with Crippen molar-refractivity contribution in [3.05, 3.63) is 95.3 Å². The average Bonchev–Trinajstić information content (AvgIpc) is 3.40. The summed E-state index contributed by atoms with van der Waals surface area (Å²) < 4.78 is 2.26. The molecular weight excluding hydrogens is 356 g/mol. The van der Waals surface area contributed by atoms with Crippen LogP contribution in [0.4, 0.5) is 0 Å². The highest BCUT2D eigenvalue weighted by Crippen LogP contribution is 2.48. The number of aryl methyl sites for hydroxylation is 1. The van der Waals surface area contributed by atoms with Gasteiger partial charge in [0.1, 0.15) is 0 Å². The quantitative estimate of drug-likeness (QED) is 0.535. The molecule has 0 saturated heterocycles. The van der Waals surface area contributed by atoms with Gasteiger partial charge >= 0.3 is 0 Å². The molecule has 3 heteroatoms. The average molecular weight is 387 g/mol. The number of rotatable bonds is 7. The zero-order valence-corrected chi connectivity index (χ0v) is 17.6. The van der Waals surface area contributed by atoms with Crippen LogP contribution in [0.25, 0.3) is 0 Å². The van der Waals surface area contributed by atoms with Gasteiger partial charge in [0.2, 0.25) is 5.91 Å². The van der Waals surface area contributed by atoms with Gasteiger partial charge in [0.15, 0.2) is 0 Å². The Morgan fingerprint density at radius 1 is 1.07 bits per heavy atom. The molecule has 1 saturated carbocycles. The van der Waals surface area contributed by atoms with E-state index in [1.807, 2.05) is 6.07 Å². The topological polar surface area (TPSA) is 25.2 Å². The molecule has 0 radical (unpaired) electrons. The van der Waals surface area contributed by atoms with E-state index in [9.17, 15) is 4.79 Å². The van der Waals surface area contributed by atoms with Gasteiger partial charge in [0.25, 0.3) is 0 Å². The van der Waals surface area contributed by atoms with Gasteiger partial charge in [0, 0.05) is 30.4 Å². The first-order valence-electron chi connectivity index (χ1n) is 10.6. The predicted octanol–water partition coefficient (Wildman–Crippen LogP) is 5.39. The lowest BCUT2D eigenvalue weighted by atomic mass is 10.1. The Kier molecular flexibility index (Phi) is 5.57. The van der Waals surface area contributed by atoms with Gasteiger partial charge in [-0.2, -0.15) is 0 Å². The Morgan fingerprint density at radius 2 is 1.86 bits per heavy atom. The molecule has 1 amide bonds. The van der Waals surface area contributed by atoms with E-state index in [4.69, 9.17) is 0 Å². The fourth-order valence-corrected chi connectivity index (χ4v) is 4.19. The highest BCUT2D eigenvalue weighted by atomic mass is 16.2. The fraction of sp³-hybridized carbons (Fsp3) is 0.346. The van der Waals surface area contributed by atoms with Gasteiger partial charge in [-0.25, -0.2) is 0 Å². The van der Waals surface area contributed by atoms with Crippen molar-refractivity contribution in [1.29, 1.82) is 0 Å². The minimum absolute atomic E-state index is 0.125. The van der Waals surface area contributed by atoms with Gasteiger partial charge in [-0.1, -0.05) is 60.2 Å². The summed E-state index contributed by atoms with van der Waals surface area (Å²) in [6, 6.07) is 23.5. The van der Waals surface area contributed by atoms with Crippen molar-refractivity contribution in [1.82, 2.24) is 9.47 Å². The van der Waals surface area contributed by atoms with Gasteiger partial charge in [-0.15, -0.1) is 0 Å². The van der Waals surface area contributed by atoms with Crippen LogP contribution in [0.15, 0.2) is 72.9 Å². The first-order chi connectivity index (χ1) is 14.0. The second kappa shape index (κ2) is 8.28. The minimum Gasteiger partial charge on any atom is -0.345 e. The van der Waals surface area contributed by atoms with E-state index in [0.717, 1.165) is 13.0 Å². The number of carbonyl (C=O) groups is 1. The third-order valence-corrected chi connectivity index (χ3v) is 5.93. The molecule has 2 atom stereocenters. The Hall–Kier alpha value is -2.81. The summed E-state index contributed by atoms with van der Waals surface area (Å²) in [6.45, 7) is 7.85. The molecule has 1 aliphatic rings. The van der Waals surface area contributed by atoms with Crippen molar-refractivity contribution in [3.63, 3.8) is 0 Å². The van der Waals surface area contributed by atoms with Gasteiger partial charge in [-0.05, 0) is 56.4 Å². The summed E-state index contributed by atoms with van der Waals surface area (Å²) in [6.07, 6.45) is 3.08. The Morgan fingerprint density at radius 3 is 2.59 bits per heavy atom. The van der Waals surface area contributed by atoms with Crippen molar-refractivity contribution in [3.8, 4) is 0 Å². The van der Waals surface area contributed by atoms with Crippen LogP contribution in [0.2, 0.25) is 0 Å². The maximum atomic E-state index is 13.3. The normalized spacial score (nSPS) is 18.1. The number of aromatic nitrogens is 1. The van der Waals surface area contributed by atoms with Gasteiger partial charge < -0.3 is 9.47 Å². The third-order valence-electron chi connectivity index (χ3n) is 5.93. The third kappa shape index (κ3) is 4.45. The molecule has 1 fully saturated rings. The number of hydrogen-bond acceptors (Lipinski definition) is 1. The molecule has 29 heavy (non-hydrogen) atoms. The smallest absolute Gasteiger partial charge is 0.226 e. The number of amides is 1. The lowest BCUT2D eigenvalue weighted by Gasteiger charge is -2.28. The number of nitrogens with zero attached hydrogens (tertiary/aromatic N) is 2. The molecule has 1 aliphatic carbocycles. The molecule has 3 aromatic rings. The van der Waals surface area contributed by atoms with Crippen LogP contribution in [0, 0.1) is 12.8 Å². The summed E-state index contributed by atoms with van der Waals surface area (Å²) >= 11 is 0. The van der Waals surface area contributed by atoms with Crippen molar-refractivity contribution < 1.29 is 4.79 Å². The Balaban J connectivity index is 1.47. The van der Waals surface area contributed by atoms with Crippen LogP contribution < -0.4 is 0 Å². The molecular formula is C26H30N2O. The van der Waals surface area contributed by atoms with E-state index in [2.05, 4.69) is 97.1 Å². The van der Waals surface area contributed by atoms with Crippen LogP contribution in [-0.4, -0.2) is 21.4 Å². The minimum atomic E-state index is 0.125. The maximum absolute atomic E-state index is 13.3. The van der Waals surface area contributed by atoms with Crippen molar-refractivity contribution in [2.75, 3.05) is 0 Å². The molecule has 1 heterocycles. The van der Waals surface area contributed by atoms with Crippen molar-refractivity contribution in [2.45, 2.75) is 52.2 Å². The van der Waals surface area contributed by atoms with Crippen LogP contribution in [-0.2, 0) is 17.9 Å². The maximum Gasteiger partial charge on any atom is 0.226 e. The molecule has 0 spiro atoms. The number of benzene rings is 2. The predicted molar refractivity (Wildman–Crippen MR) is 118 cm³/mol. The van der Waals surface area contributed by atoms with Gasteiger partial charge in [0.05, 0.1) is 6.54 Å². The van der Waals surface area contributed by atoms with Crippen LogP contribution in [0.1, 0.15) is 48.6 Å². The van der Waals surface area contributed by atoms with E-state index in [-0.39, 0.29) is 17.9 Å². The molecule has 0 bridgehead atoms. The van der Waals surface area contributed by atoms with Crippen molar-refractivity contribution >= 4 is 5.91 Å². The summed E-state index contributed by atoms with van der Waals surface area (Å²) in [7, 11) is 0. The second-order valence-corrected chi connectivity index (χ2v) is 8.54. The highest BCUT2D eigenvalue weighted by Gasteiger charge is 2.46. The molecule has 2 aromatic carbocycles. The fourth-order valence-electron chi connectivity index (χ4n) is 4.19. The molecule has 3 nitrogen and oxygen atoms in total. The van der Waals surface area contributed by atoms with E-state index in [1.165, 1.54) is 22.4 Å². The van der Waals surface area contributed by atoms with Crippen LogP contribution in [0.5, 0.6) is 0 Å². The van der Waals surface area contributed by atoms with E-state index < -0.39 is 0 Å². The number of hydrogen-bond donors (Lipinski definition) is 0.